The fourth-order valence-corrected chi connectivity index (χ4v) is 3.77. The quantitative estimate of drug-likeness (QED) is 0.416. The van der Waals surface area contributed by atoms with Gasteiger partial charge in [0.2, 0.25) is 0 Å². The van der Waals surface area contributed by atoms with E-state index in [9.17, 15) is 8.42 Å². The smallest absolute Gasteiger partial charge is 0.264 e. The lowest BCUT2D eigenvalue weighted by Gasteiger charge is -2.11. The fraction of sp³-hybridized carbons (Fsp3) is 1.00. The van der Waals surface area contributed by atoms with Crippen LogP contribution in [-0.4, -0.2) is 19.6 Å². The van der Waals surface area contributed by atoms with Gasteiger partial charge in [0.1, 0.15) is 0 Å². The van der Waals surface area contributed by atoms with Gasteiger partial charge in [-0.1, -0.05) is 71.1 Å². The molecule has 0 bridgehead atoms. The molecular formula is C16H32O4S. The van der Waals surface area contributed by atoms with E-state index in [2.05, 4.69) is 11.1 Å². The first kappa shape index (κ1) is 18.9. The molecule has 0 saturated heterocycles. The Morgan fingerprint density at radius 2 is 1.52 bits per heavy atom. The van der Waals surface area contributed by atoms with Gasteiger partial charge >= 0.3 is 10.4 Å². The number of hydrogen-bond donors (Lipinski definition) is 1. The normalized spacial score (nSPS) is 22.8. The van der Waals surface area contributed by atoms with Gasteiger partial charge in [-0.05, 0) is 24.7 Å². The highest BCUT2D eigenvalue weighted by atomic mass is 32.3. The zero-order valence-corrected chi connectivity index (χ0v) is 14.2. The molecule has 0 radical (unpaired) electrons. The Morgan fingerprint density at radius 3 is 2.05 bits per heavy atom. The van der Waals surface area contributed by atoms with Crippen molar-refractivity contribution in [3.05, 3.63) is 0 Å². The molecule has 1 fully saturated rings. The molecule has 0 spiro atoms. The van der Waals surface area contributed by atoms with Crippen molar-refractivity contribution >= 4 is 10.4 Å². The molecule has 1 N–H and O–H groups in total. The molecule has 0 aromatic heterocycles. The molecule has 0 heterocycles. The van der Waals surface area contributed by atoms with Gasteiger partial charge < -0.3 is 0 Å². The number of rotatable bonds is 12. The second kappa shape index (κ2) is 10.6. The maximum Gasteiger partial charge on any atom is 0.397 e. The molecule has 1 saturated carbocycles. The molecule has 1 aliphatic carbocycles. The molecule has 1 rings (SSSR count). The van der Waals surface area contributed by atoms with Crippen LogP contribution in [0.2, 0.25) is 0 Å². The lowest BCUT2D eigenvalue weighted by molar-refractivity contribution is 0.260. The Morgan fingerprint density at radius 1 is 0.952 bits per heavy atom. The van der Waals surface area contributed by atoms with Crippen LogP contribution in [0.4, 0.5) is 0 Å². The molecule has 2 unspecified atom stereocenters. The molecule has 0 aromatic carbocycles. The van der Waals surface area contributed by atoms with Gasteiger partial charge in [0.15, 0.2) is 0 Å². The van der Waals surface area contributed by atoms with E-state index < -0.39 is 10.4 Å². The van der Waals surface area contributed by atoms with E-state index in [0.717, 1.165) is 24.7 Å². The van der Waals surface area contributed by atoms with Crippen LogP contribution in [0.1, 0.15) is 84.0 Å². The fourth-order valence-electron chi connectivity index (χ4n) is 3.44. The molecule has 0 aliphatic heterocycles. The molecular weight excluding hydrogens is 288 g/mol. The first-order valence-corrected chi connectivity index (χ1v) is 9.99. The van der Waals surface area contributed by atoms with Crippen molar-refractivity contribution in [3.8, 4) is 0 Å². The summed E-state index contributed by atoms with van der Waals surface area (Å²) >= 11 is 0. The number of hydrogen-bond acceptors (Lipinski definition) is 3. The average Bonchev–Trinajstić information content (AvgIpc) is 2.85. The van der Waals surface area contributed by atoms with Crippen molar-refractivity contribution in [1.82, 2.24) is 0 Å². The topological polar surface area (TPSA) is 63.6 Å². The van der Waals surface area contributed by atoms with Gasteiger partial charge in [0, 0.05) is 0 Å². The van der Waals surface area contributed by atoms with Gasteiger partial charge in [0.05, 0.1) is 6.61 Å². The van der Waals surface area contributed by atoms with Crippen LogP contribution >= 0.6 is 0 Å². The first-order chi connectivity index (χ1) is 10.0. The molecule has 4 nitrogen and oxygen atoms in total. The maximum absolute atomic E-state index is 10.4. The molecule has 0 aromatic rings. The van der Waals surface area contributed by atoms with Crippen LogP contribution in [-0.2, 0) is 14.6 Å². The first-order valence-electron chi connectivity index (χ1n) is 8.63. The van der Waals surface area contributed by atoms with Crippen molar-refractivity contribution in [1.29, 1.82) is 0 Å². The predicted octanol–water partition coefficient (Wildman–Crippen LogP) is 4.75. The second-order valence-electron chi connectivity index (χ2n) is 6.49. The molecule has 5 heteroatoms. The summed E-state index contributed by atoms with van der Waals surface area (Å²) in [6, 6.07) is 0. The standard InChI is InChI=1S/C16H32O4S/c1-2-3-4-6-9-15-11-12-16(14-15)10-7-5-8-13-20-21(17,18)19/h15-16H,2-14H2,1H3,(H,17,18,19). The summed E-state index contributed by atoms with van der Waals surface area (Å²) in [5, 5.41) is 0. The Kier molecular flexibility index (Phi) is 9.52. The van der Waals surface area contributed by atoms with Gasteiger partial charge in [-0.3, -0.25) is 4.55 Å². The average molecular weight is 320 g/mol. The minimum atomic E-state index is -4.25. The molecule has 21 heavy (non-hydrogen) atoms. The van der Waals surface area contributed by atoms with Gasteiger partial charge in [-0.25, -0.2) is 4.18 Å². The summed E-state index contributed by atoms with van der Waals surface area (Å²) in [7, 11) is -4.25. The van der Waals surface area contributed by atoms with Gasteiger partial charge in [-0.2, -0.15) is 8.42 Å². The van der Waals surface area contributed by atoms with E-state index in [1.807, 2.05) is 0 Å². The van der Waals surface area contributed by atoms with Gasteiger partial charge in [0.25, 0.3) is 0 Å². The zero-order chi connectivity index (χ0) is 15.6. The minimum Gasteiger partial charge on any atom is -0.264 e. The Labute approximate surface area is 130 Å². The predicted molar refractivity (Wildman–Crippen MR) is 85.6 cm³/mol. The Hall–Kier alpha value is -0.130. The SMILES string of the molecule is CCCCCCC1CCC(CCCCCOS(=O)(=O)O)C1. The van der Waals surface area contributed by atoms with E-state index in [4.69, 9.17) is 4.55 Å². The molecule has 126 valence electrons. The van der Waals surface area contributed by atoms with Crippen molar-refractivity contribution in [2.24, 2.45) is 11.8 Å². The largest absolute Gasteiger partial charge is 0.397 e. The summed E-state index contributed by atoms with van der Waals surface area (Å²) in [5.74, 6) is 1.83. The van der Waals surface area contributed by atoms with Crippen LogP contribution in [0.3, 0.4) is 0 Å². The highest BCUT2D eigenvalue weighted by molar-refractivity contribution is 7.80. The zero-order valence-electron chi connectivity index (χ0n) is 13.4. The van der Waals surface area contributed by atoms with E-state index in [1.54, 1.807) is 0 Å². The van der Waals surface area contributed by atoms with E-state index in [0.29, 0.717) is 6.42 Å². The molecule has 1 aliphatic rings. The second-order valence-corrected chi connectivity index (χ2v) is 7.58. The van der Waals surface area contributed by atoms with Crippen molar-refractivity contribution in [2.75, 3.05) is 6.61 Å². The Bertz CT molecular complexity index is 353. The summed E-state index contributed by atoms with van der Waals surface area (Å²) in [6.45, 7) is 2.36. The van der Waals surface area contributed by atoms with Crippen LogP contribution in [0.25, 0.3) is 0 Å². The lowest BCUT2D eigenvalue weighted by atomic mass is 9.95. The monoisotopic (exact) mass is 320 g/mol. The number of unbranched alkanes of at least 4 members (excludes halogenated alkanes) is 5. The third-order valence-corrected chi connectivity index (χ3v) is 5.07. The minimum absolute atomic E-state index is 0.101. The van der Waals surface area contributed by atoms with Gasteiger partial charge in [-0.15, -0.1) is 0 Å². The molecule has 2 atom stereocenters. The highest BCUT2D eigenvalue weighted by Gasteiger charge is 2.23. The van der Waals surface area contributed by atoms with Crippen LogP contribution in [0.15, 0.2) is 0 Å². The van der Waals surface area contributed by atoms with E-state index >= 15 is 0 Å². The molecule has 0 amide bonds. The van der Waals surface area contributed by atoms with Crippen LogP contribution in [0, 0.1) is 11.8 Å². The third kappa shape index (κ3) is 10.3. The summed E-state index contributed by atoms with van der Waals surface area (Å²) < 4.78 is 33.5. The van der Waals surface area contributed by atoms with E-state index in [1.165, 1.54) is 57.8 Å². The third-order valence-electron chi connectivity index (χ3n) is 4.60. The van der Waals surface area contributed by atoms with Crippen molar-refractivity contribution in [3.63, 3.8) is 0 Å². The summed E-state index contributed by atoms with van der Waals surface area (Å²) in [4.78, 5) is 0. The van der Waals surface area contributed by atoms with E-state index in [-0.39, 0.29) is 6.61 Å². The highest BCUT2D eigenvalue weighted by Crippen LogP contribution is 2.37. The van der Waals surface area contributed by atoms with Crippen molar-refractivity contribution in [2.45, 2.75) is 84.0 Å². The Balaban J connectivity index is 1.95. The lowest BCUT2D eigenvalue weighted by Crippen LogP contribution is -2.05. The van der Waals surface area contributed by atoms with Crippen molar-refractivity contribution < 1.29 is 17.2 Å². The van der Waals surface area contributed by atoms with Crippen LogP contribution in [0.5, 0.6) is 0 Å². The van der Waals surface area contributed by atoms with Crippen LogP contribution < -0.4 is 0 Å². The maximum atomic E-state index is 10.4. The summed E-state index contributed by atoms with van der Waals surface area (Å²) in [5.41, 5.74) is 0. The summed E-state index contributed by atoms with van der Waals surface area (Å²) in [6.07, 6.45) is 15.2.